The Morgan fingerprint density at radius 1 is 0.312 bits per heavy atom. The van der Waals surface area contributed by atoms with Gasteiger partial charge in [-0.2, -0.15) is 10.5 Å². The van der Waals surface area contributed by atoms with E-state index in [-0.39, 0.29) is 0 Å². The van der Waals surface area contributed by atoms with Crippen molar-refractivity contribution in [3.05, 3.63) is 248 Å². The summed E-state index contributed by atoms with van der Waals surface area (Å²) < 4.78 is 18.1. The zero-order valence-corrected chi connectivity index (χ0v) is 42.5. The van der Waals surface area contributed by atoms with Crippen LogP contribution in [0, 0.1) is 22.7 Å². The highest BCUT2D eigenvalue weighted by atomic mass is 16.3. The zero-order valence-electron chi connectivity index (χ0n) is 42.5. The molecule has 0 unspecified atom stereocenters. The topological polar surface area (TPSA) is 122 Å². The number of fused-ring (bicyclic) bond motifs is 14. The van der Waals surface area contributed by atoms with E-state index in [2.05, 4.69) is 143 Å². The number of nitrogens with zero attached hydrogens (tertiary/aromatic N) is 7. The molecule has 16 rings (SSSR count). The molecule has 0 aliphatic carbocycles. The molecule has 0 spiro atoms. The van der Waals surface area contributed by atoms with Gasteiger partial charge in [0.1, 0.15) is 22.3 Å². The van der Waals surface area contributed by atoms with E-state index in [1.807, 2.05) is 115 Å². The maximum absolute atomic E-state index is 10.5. The first-order chi connectivity index (χ1) is 39.6. The third-order valence-corrected chi connectivity index (χ3v) is 15.7. The Morgan fingerprint density at radius 2 is 0.725 bits per heavy atom. The van der Waals surface area contributed by atoms with Crippen LogP contribution in [0.4, 0.5) is 0 Å². The van der Waals surface area contributed by atoms with Crippen molar-refractivity contribution < 1.29 is 8.83 Å². The highest BCUT2D eigenvalue weighted by Crippen LogP contribution is 2.46. The van der Waals surface area contributed by atoms with Crippen molar-refractivity contribution >= 4 is 87.5 Å². The Hall–Kier alpha value is -11.4. The highest BCUT2D eigenvalue weighted by Gasteiger charge is 2.26. The number of hydrogen-bond acceptors (Lipinski definition) is 7. The summed E-state index contributed by atoms with van der Waals surface area (Å²) in [5.74, 6) is 1.37. The summed E-state index contributed by atoms with van der Waals surface area (Å²) in [7, 11) is 0. The monoisotopic (exact) mass is 1020 g/mol. The summed E-state index contributed by atoms with van der Waals surface area (Å²) >= 11 is 0. The second kappa shape index (κ2) is 17.6. The molecule has 0 aliphatic heterocycles. The van der Waals surface area contributed by atoms with Crippen LogP contribution in [-0.2, 0) is 0 Å². The molecule has 370 valence electrons. The van der Waals surface area contributed by atoms with Crippen LogP contribution < -0.4 is 0 Å². The third-order valence-electron chi connectivity index (χ3n) is 15.7. The Balaban J connectivity index is 1.01. The van der Waals surface area contributed by atoms with Crippen molar-refractivity contribution in [1.82, 2.24) is 24.1 Å². The normalized spacial score (nSPS) is 11.7. The average molecular weight is 1020 g/mol. The lowest BCUT2D eigenvalue weighted by atomic mass is 9.97. The summed E-state index contributed by atoms with van der Waals surface area (Å²) in [6.07, 6.45) is 0. The molecule has 0 N–H and O–H groups in total. The number of hydrogen-bond donors (Lipinski definition) is 0. The molecule has 0 fully saturated rings. The highest BCUT2D eigenvalue weighted by molar-refractivity contribution is 6.25. The third kappa shape index (κ3) is 6.72. The summed E-state index contributed by atoms with van der Waals surface area (Å²) in [6, 6.07) is 84.6. The molecule has 0 aliphatic rings. The first-order valence-electron chi connectivity index (χ1n) is 26.4. The van der Waals surface area contributed by atoms with E-state index in [9.17, 15) is 10.5 Å². The minimum atomic E-state index is 0.441. The van der Waals surface area contributed by atoms with Crippen molar-refractivity contribution in [1.29, 1.82) is 10.5 Å². The summed E-state index contributed by atoms with van der Waals surface area (Å²) in [5.41, 5.74) is 15.4. The second-order valence-electron chi connectivity index (χ2n) is 20.0. The molecule has 0 radical (unpaired) electrons. The van der Waals surface area contributed by atoms with Crippen molar-refractivity contribution in [3.63, 3.8) is 0 Å². The maximum Gasteiger partial charge on any atom is 0.166 e. The van der Waals surface area contributed by atoms with Gasteiger partial charge in [0.05, 0.1) is 67.5 Å². The summed E-state index contributed by atoms with van der Waals surface area (Å²) in [5, 5.41) is 29.1. The van der Waals surface area contributed by atoms with Crippen molar-refractivity contribution in [2.24, 2.45) is 0 Å². The number of rotatable bonds is 7. The smallest absolute Gasteiger partial charge is 0.166 e. The van der Waals surface area contributed by atoms with Gasteiger partial charge in [-0.15, -0.1) is 0 Å². The van der Waals surface area contributed by atoms with Gasteiger partial charge in [0, 0.05) is 49.0 Å². The second-order valence-corrected chi connectivity index (χ2v) is 20.0. The molecule has 9 heteroatoms. The van der Waals surface area contributed by atoms with Crippen LogP contribution in [-0.4, -0.2) is 24.1 Å². The molecule has 9 nitrogen and oxygen atoms in total. The van der Waals surface area contributed by atoms with Crippen LogP contribution in [0.1, 0.15) is 11.1 Å². The van der Waals surface area contributed by atoms with E-state index in [1.165, 1.54) is 0 Å². The van der Waals surface area contributed by atoms with Crippen molar-refractivity contribution in [2.75, 3.05) is 0 Å². The molecule has 5 heterocycles. The Bertz CT molecular complexity index is 5050. The van der Waals surface area contributed by atoms with Crippen molar-refractivity contribution in [2.45, 2.75) is 0 Å². The fraction of sp³-hybridized carbons (Fsp3) is 0. The molecule has 16 aromatic rings. The van der Waals surface area contributed by atoms with Gasteiger partial charge in [0.2, 0.25) is 0 Å². The number of para-hydroxylation sites is 4. The SMILES string of the molecule is N#Cc1ccccc1-c1ccc(-c2nc(-c3ccccc3)nc(-c3ccc(-c4ccccc4C#N)cc3-n3c4ccccc4c4c5oc6ccccc6c5ccc43)n2)c(-n2c3ccccc3c3c4oc5ccccc5c4ccc32)c1. The average Bonchev–Trinajstić information content (AvgIpc) is 4.31. The molecular weight excluding hydrogens is 983 g/mol. The number of nitriles is 2. The largest absolute Gasteiger partial charge is 0.455 e. The molecule has 0 bridgehead atoms. The first-order valence-corrected chi connectivity index (χ1v) is 26.4. The van der Waals surface area contributed by atoms with E-state index in [0.29, 0.717) is 28.6 Å². The van der Waals surface area contributed by atoms with Gasteiger partial charge in [-0.1, -0.05) is 152 Å². The van der Waals surface area contributed by atoms with Crippen LogP contribution in [0.3, 0.4) is 0 Å². The number of benzene rings is 11. The number of aromatic nitrogens is 5. The maximum atomic E-state index is 10.5. The molecule has 5 aromatic heterocycles. The molecule has 11 aromatic carbocycles. The van der Waals surface area contributed by atoms with E-state index in [0.717, 1.165) is 138 Å². The predicted molar refractivity (Wildman–Crippen MR) is 320 cm³/mol. The fourth-order valence-corrected chi connectivity index (χ4v) is 12.1. The van der Waals surface area contributed by atoms with Gasteiger partial charge >= 0.3 is 0 Å². The van der Waals surface area contributed by atoms with Crippen LogP contribution in [0.5, 0.6) is 0 Å². The van der Waals surface area contributed by atoms with Gasteiger partial charge in [-0.05, 0) is 107 Å². The molecular formula is C71H39N7O2. The fourth-order valence-electron chi connectivity index (χ4n) is 12.1. The lowest BCUT2D eigenvalue weighted by molar-refractivity contribution is 0.672. The van der Waals surface area contributed by atoms with Gasteiger partial charge in [0.15, 0.2) is 17.5 Å². The van der Waals surface area contributed by atoms with E-state index >= 15 is 0 Å². The molecule has 0 saturated carbocycles. The first kappa shape index (κ1) is 44.9. The predicted octanol–water partition coefficient (Wildman–Crippen LogP) is 17.9. The van der Waals surface area contributed by atoms with Gasteiger partial charge in [0.25, 0.3) is 0 Å². The standard InChI is InChI=1S/C71H39N7O2/c72-40-45-18-4-6-20-47(45)43-30-32-55(61(38-43)77-57-26-12-8-24-53(57)65-59(77)36-34-51-49-22-10-14-28-63(49)79-67(51)65)70-74-69(42-16-2-1-3-17-42)75-71(76-70)56-33-31-44(48-21-7-5-19-46(48)41-73)39-62(56)78-58-27-13-9-25-54(58)66-60(78)37-35-52-50-23-11-15-29-64(50)80-68(52)66/h1-39H. The Kier molecular flexibility index (Phi) is 9.86. The van der Waals surface area contributed by atoms with Gasteiger partial charge in [-0.25, -0.2) is 15.0 Å². The zero-order chi connectivity index (χ0) is 53.0. The van der Waals surface area contributed by atoms with Crippen LogP contribution in [0.25, 0.3) is 155 Å². The quantitative estimate of drug-likeness (QED) is 0.156. The molecule has 0 atom stereocenters. The lowest BCUT2D eigenvalue weighted by Crippen LogP contribution is -2.06. The lowest BCUT2D eigenvalue weighted by Gasteiger charge is -2.18. The van der Waals surface area contributed by atoms with Crippen LogP contribution in [0.2, 0.25) is 0 Å². The van der Waals surface area contributed by atoms with Crippen LogP contribution >= 0.6 is 0 Å². The van der Waals surface area contributed by atoms with E-state index in [1.54, 1.807) is 0 Å². The number of furan rings is 2. The van der Waals surface area contributed by atoms with Crippen molar-refractivity contribution in [3.8, 4) is 79.9 Å². The van der Waals surface area contributed by atoms with Crippen LogP contribution in [0.15, 0.2) is 245 Å². The summed E-state index contributed by atoms with van der Waals surface area (Å²) in [4.78, 5) is 16.4. The molecule has 0 saturated heterocycles. The Labute approximate surface area is 456 Å². The minimum absolute atomic E-state index is 0.441. The molecule has 0 amide bonds. The Morgan fingerprint density at radius 3 is 1.21 bits per heavy atom. The van der Waals surface area contributed by atoms with Gasteiger partial charge in [-0.3, -0.25) is 0 Å². The minimum Gasteiger partial charge on any atom is -0.455 e. The molecule has 80 heavy (non-hydrogen) atoms. The summed E-state index contributed by atoms with van der Waals surface area (Å²) in [6.45, 7) is 0. The van der Waals surface area contributed by atoms with Gasteiger partial charge < -0.3 is 18.0 Å². The van der Waals surface area contributed by atoms with E-state index in [4.69, 9.17) is 23.8 Å². The van der Waals surface area contributed by atoms with E-state index < -0.39 is 0 Å².